The Morgan fingerprint density at radius 2 is 1.88 bits per heavy atom. The molecular formula is C20H30N2O3. The van der Waals surface area contributed by atoms with Crippen molar-refractivity contribution in [3.05, 3.63) is 35.4 Å². The quantitative estimate of drug-likeness (QED) is 0.787. The zero-order valence-corrected chi connectivity index (χ0v) is 15.1. The van der Waals surface area contributed by atoms with Crippen LogP contribution in [0.3, 0.4) is 0 Å². The molecule has 1 aromatic rings. The summed E-state index contributed by atoms with van der Waals surface area (Å²) >= 11 is 0. The van der Waals surface area contributed by atoms with Crippen LogP contribution in [0.1, 0.15) is 67.8 Å². The number of hydrogen-bond acceptors (Lipinski definition) is 3. The van der Waals surface area contributed by atoms with E-state index in [0.717, 1.165) is 37.7 Å². The van der Waals surface area contributed by atoms with Crippen molar-refractivity contribution in [1.82, 2.24) is 10.6 Å². The van der Waals surface area contributed by atoms with E-state index in [2.05, 4.69) is 10.6 Å². The molecule has 2 amide bonds. The maximum Gasteiger partial charge on any atom is 0.251 e. The lowest BCUT2D eigenvalue weighted by Crippen LogP contribution is -2.50. The Morgan fingerprint density at radius 1 is 1.20 bits per heavy atom. The second-order valence-electron chi connectivity index (χ2n) is 6.74. The van der Waals surface area contributed by atoms with E-state index in [1.165, 1.54) is 12.8 Å². The fourth-order valence-corrected chi connectivity index (χ4v) is 3.36. The molecule has 5 heteroatoms. The van der Waals surface area contributed by atoms with Gasteiger partial charge < -0.3 is 15.7 Å². The SMILES string of the molecule is CCNC(=O)C(O)[C@@H]1CCCCCCCCc2ccccc2C(=O)N1. The number of amides is 2. The lowest BCUT2D eigenvalue weighted by molar-refractivity contribution is -0.130. The summed E-state index contributed by atoms with van der Waals surface area (Å²) in [6.45, 7) is 2.27. The number of aliphatic hydroxyl groups excluding tert-OH is 1. The highest BCUT2D eigenvalue weighted by molar-refractivity contribution is 5.96. The lowest BCUT2D eigenvalue weighted by atomic mass is 9.99. The van der Waals surface area contributed by atoms with Crippen molar-refractivity contribution in [2.75, 3.05) is 6.54 Å². The standard InChI is InChI=1S/C20H30N2O3/c1-2-21-20(25)18(23)17-14-8-6-4-3-5-7-11-15-12-9-10-13-16(15)19(24)22-17/h9-10,12-13,17-18,23H,2-8,11,14H2,1H3,(H,21,25)(H,22,24)/t17-,18?/m0/s1. The number of fused-ring (bicyclic) bond motifs is 1. The highest BCUT2D eigenvalue weighted by atomic mass is 16.3. The van der Waals surface area contributed by atoms with Crippen LogP contribution in [0.25, 0.3) is 0 Å². The highest BCUT2D eigenvalue weighted by Gasteiger charge is 2.27. The number of aryl methyl sites for hydroxylation is 1. The van der Waals surface area contributed by atoms with Gasteiger partial charge in [-0.1, -0.05) is 50.3 Å². The molecule has 1 aromatic carbocycles. The molecule has 0 radical (unpaired) electrons. The molecule has 2 rings (SSSR count). The molecule has 5 nitrogen and oxygen atoms in total. The molecule has 25 heavy (non-hydrogen) atoms. The number of hydrogen-bond donors (Lipinski definition) is 3. The fraction of sp³-hybridized carbons (Fsp3) is 0.600. The van der Waals surface area contributed by atoms with Crippen LogP contribution in [0.4, 0.5) is 0 Å². The van der Waals surface area contributed by atoms with Crippen LogP contribution >= 0.6 is 0 Å². The van der Waals surface area contributed by atoms with Gasteiger partial charge in [0.1, 0.15) is 0 Å². The zero-order valence-electron chi connectivity index (χ0n) is 15.1. The molecule has 0 bridgehead atoms. The third-order valence-electron chi connectivity index (χ3n) is 4.79. The summed E-state index contributed by atoms with van der Waals surface area (Å²) in [5.74, 6) is -0.631. The summed E-state index contributed by atoms with van der Waals surface area (Å²) in [7, 11) is 0. The first kappa shape index (κ1) is 19.4. The van der Waals surface area contributed by atoms with E-state index < -0.39 is 18.1 Å². The van der Waals surface area contributed by atoms with Crippen molar-refractivity contribution in [2.45, 2.75) is 70.4 Å². The fourth-order valence-electron chi connectivity index (χ4n) is 3.36. The molecule has 0 aromatic heterocycles. The molecule has 0 aliphatic carbocycles. The smallest absolute Gasteiger partial charge is 0.251 e. The van der Waals surface area contributed by atoms with Crippen LogP contribution in [0.5, 0.6) is 0 Å². The number of likely N-dealkylation sites (N-methyl/N-ethyl adjacent to an activating group) is 1. The van der Waals surface area contributed by atoms with Crippen molar-refractivity contribution in [3.8, 4) is 0 Å². The molecule has 0 saturated carbocycles. The average Bonchev–Trinajstić information content (AvgIpc) is 2.63. The van der Waals surface area contributed by atoms with Crippen LogP contribution < -0.4 is 10.6 Å². The van der Waals surface area contributed by atoms with Crippen molar-refractivity contribution in [3.63, 3.8) is 0 Å². The second kappa shape index (κ2) is 10.2. The summed E-state index contributed by atoms with van der Waals surface area (Å²) in [5.41, 5.74) is 1.68. The zero-order chi connectivity index (χ0) is 18.1. The Kier molecular flexibility index (Phi) is 7.92. The number of aliphatic hydroxyl groups is 1. The van der Waals surface area contributed by atoms with Gasteiger partial charge >= 0.3 is 0 Å². The van der Waals surface area contributed by atoms with Gasteiger partial charge in [-0.05, 0) is 37.8 Å². The first-order valence-corrected chi connectivity index (χ1v) is 9.48. The summed E-state index contributed by atoms with van der Waals surface area (Å²) < 4.78 is 0. The van der Waals surface area contributed by atoms with Gasteiger partial charge in [-0.2, -0.15) is 0 Å². The monoisotopic (exact) mass is 346 g/mol. The molecule has 0 saturated heterocycles. The third kappa shape index (κ3) is 5.85. The van der Waals surface area contributed by atoms with Crippen LogP contribution in [0.15, 0.2) is 24.3 Å². The summed E-state index contributed by atoms with van der Waals surface area (Å²) in [6.07, 6.45) is 6.80. The lowest BCUT2D eigenvalue weighted by Gasteiger charge is -2.24. The van der Waals surface area contributed by atoms with Crippen LogP contribution in [-0.2, 0) is 11.2 Å². The first-order valence-electron chi connectivity index (χ1n) is 9.48. The third-order valence-corrected chi connectivity index (χ3v) is 4.79. The minimum Gasteiger partial charge on any atom is -0.381 e. The van der Waals surface area contributed by atoms with Crippen LogP contribution in [0.2, 0.25) is 0 Å². The van der Waals surface area contributed by atoms with Gasteiger partial charge in [-0.15, -0.1) is 0 Å². The molecule has 1 heterocycles. The first-order chi connectivity index (χ1) is 12.1. The van der Waals surface area contributed by atoms with Gasteiger partial charge in [0.05, 0.1) is 6.04 Å². The summed E-state index contributed by atoms with van der Waals surface area (Å²) in [4.78, 5) is 24.8. The van der Waals surface area contributed by atoms with E-state index in [9.17, 15) is 14.7 Å². The largest absolute Gasteiger partial charge is 0.381 e. The minimum atomic E-state index is -1.22. The van der Waals surface area contributed by atoms with Crippen molar-refractivity contribution in [2.24, 2.45) is 0 Å². The normalized spacial score (nSPS) is 20.9. The Hall–Kier alpha value is -1.88. The van der Waals surface area contributed by atoms with Crippen LogP contribution in [0, 0.1) is 0 Å². The molecule has 0 fully saturated rings. The van der Waals surface area contributed by atoms with Crippen molar-refractivity contribution < 1.29 is 14.7 Å². The Labute approximate surface area is 150 Å². The summed E-state index contributed by atoms with van der Waals surface area (Å²) in [5, 5.41) is 15.9. The molecule has 138 valence electrons. The Balaban J connectivity index is 2.19. The van der Waals surface area contributed by atoms with E-state index in [1.54, 1.807) is 0 Å². The average molecular weight is 346 g/mol. The Bertz CT molecular complexity index is 574. The van der Waals surface area contributed by atoms with E-state index in [-0.39, 0.29) is 5.91 Å². The maximum absolute atomic E-state index is 12.7. The molecule has 3 N–H and O–H groups in total. The van der Waals surface area contributed by atoms with E-state index in [1.807, 2.05) is 31.2 Å². The van der Waals surface area contributed by atoms with E-state index in [0.29, 0.717) is 18.5 Å². The number of rotatable bonds is 3. The minimum absolute atomic E-state index is 0.205. The van der Waals surface area contributed by atoms with E-state index in [4.69, 9.17) is 0 Å². The molecular weight excluding hydrogens is 316 g/mol. The number of carbonyl (C=O) groups excluding carboxylic acids is 2. The number of nitrogens with one attached hydrogen (secondary N) is 2. The number of benzene rings is 1. The molecule has 1 unspecified atom stereocenters. The molecule has 2 atom stereocenters. The number of carbonyl (C=O) groups is 2. The Morgan fingerprint density at radius 3 is 2.64 bits per heavy atom. The van der Waals surface area contributed by atoms with Gasteiger partial charge in [0, 0.05) is 12.1 Å². The van der Waals surface area contributed by atoms with Gasteiger partial charge in [0.2, 0.25) is 0 Å². The second-order valence-corrected chi connectivity index (χ2v) is 6.74. The van der Waals surface area contributed by atoms with Gasteiger partial charge in [0.25, 0.3) is 11.8 Å². The summed E-state index contributed by atoms with van der Waals surface area (Å²) in [6, 6.07) is 7.05. The predicted octanol–water partition coefficient (Wildman–Crippen LogP) is 2.57. The van der Waals surface area contributed by atoms with E-state index >= 15 is 0 Å². The predicted molar refractivity (Wildman–Crippen MR) is 98.4 cm³/mol. The molecule has 1 aliphatic heterocycles. The maximum atomic E-state index is 12.7. The highest BCUT2D eigenvalue weighted by Crippen LogP contribution is 2.17. The van der Waals surface area contributed by atoms with Gasteiger partial charge in [0.15, 0.2) is 6.10 Å². The molecule has 1 aliphatic rings. The molecule has 0 spiro atoms. The van der Waals surface area contributed by atoms with Crippen LogP contribution in [-0.4, -0.2) is 35.6 Å². The topological polar surface area (TPSA) is 78.4 Å². The van der Waals surface area contributed by atoms with Gasteiger partial charge in [-0.25, -0.2) is 0 Å². The van der Waals surface area contributed by atoms with Crippen molar-refractivity contribution in [1.29, 1.82) is 0 Å². The van der Waals surface area contributed by atoms with Crippen molar-refractivity contribution >= 4 is 11.8 Å². The van der Waals surface area contributed by atoms with Gasteiger partial charge in [-0.3, -0.25) is 9.59 Å².